The summed E-state index contributed by atoms with van der Waals surface area (Å²) in [6.45, 7) is 10.1. The minimum absolute atomic E-state index is 0.00263. The van der Waals surface area contributed by atoms with Crippen LogP contribution in [0.2, 0.25) is 0 Å². The van der Waals surface area contributed by atoms with Gasteiger partial charge < -0.3 is 30.1 Å². The van der Waals surface area contributed by atoms with Crippen LogP contribution in [0.15, 0.2) is 18.2 Å². The van der Waals surface area contributed by atoms with Crippen molar-refractivity contribution in [1.29, 1.82) is 0 Å². The molecule has 3 N–H and O–H groups in total. The Bertz CT molecular complexity index is 849. The molecule has 1 atom stereocenters. The number of carbonyl (C=O) groups is 4. The van der Waals surface area contributed by atoms with Crippen molar-refractivity contribution in [3.63, 3.8) is 0 Å². The Morgan fingerprint density at radius 2 is 1.79 bits per heavy atom. The second-order valence-electron chi connectivity index (χ2n) is 8.30. The van der Waals surface area contributed by atoms with Crippen LogP contribution in [0.3, 0.4) is 0 Å². The average molecular weight is 466 g/mol. The summed E-state index contributed by atoms with van der Waals surface area (Å²) >= 11 is 0. The molecule has 0 aromatic heterocycles. The highest BCUT2D eigenvalue weighted by Crippen LogP contribution is 2.31. The lowest BCUT2D eigenvalue weighted by Gasteiger charge is -2.31. The maximum atomic E-state index is 13.1. The normalized spacial score (nSPS) is 11.8. The first-order valence-electron chi connectivity index (χ1n) is 10.9. The Kier molecular flexibility index (Phi) is 10.6. The van der Waals surface area contributed by atoms with Gasteiger partial charge in [-0.2, -0.15) is 0 Å². The molecule has 0 bridgehead atoms. The molecule has 1 unspecified atom stereocenters. The van der Waals surface area contributed by atoms with Crippen LogP contribution in [0.1, 0.15) is 58.2 Å². The first-order valence-corrected chi connectivity index (χ1v) is 10.9. The van der Waals surface area contributed by atoms with E-state index in [2.05, 4.69) is 10.6 Å². The van der Waals surface area contributed by atoms with E-state index in [1.165, 1.54) is 4.90 Å². The molecule has 184 valence electrons. The summed E-state index contributed by atoms with van der Waals surface area (Å²) in [5.41, 5.74) is 0.0371. The molecule has 0 radical (unpaired) electrons. The molecule has 3 amide bonds. The highest BCUT2D eigenvalue weighted by atomic mass is 16.6. The lowest BCUT2D eigenvalue weighted by atomic mass is 10.00. The Morgan fingerprint density at radius 1 is 1.12 bits per heavy atom. The van der Waals surface area contributed by atoms with E-state index in [1.807, 2.05) is 0 Å². The van der Waals surface area contributed by atoms with Crippen molar-refractivity contribution in [3.8, 4) is 5.75 Å². The number of carbonyl (C=O) groups excluding carboxylic acids is 4. The van der Waals surface area contributed by atoms with Crippen LogP contribution in [0.4, 0.5) is 4.79 Å². The first kappa shape index (κ1) is 27.7. The topological polar surface area (TPSA) is 134 Å². The third-order valence-corrected chi connectivity index (χ3v) is 4.50. The number of amides is 3. The fourth-order valence-electron chi connectivity index (χ4n) is 3.04. The van der Waals surface area contributed by atoms with Gasteiger partial charge in [-0.3, -0.25) is 14.4 Å². The fourth-order valence-corrected chi connectivity index (χ4v) is 3.04. The minimum atomic E-state index is -1.18. The minimum Gasteiger partial charge on any atom is -0.507 e. The molecule has 1 rings (SSSR count). The lowest BCUT2D eigenvalue weighted by molar-refractivity contribution is -0.143. The first-order chi connectivity index (χ1) is 15.4. The van der Waals surface area contributed by atoms with E-state index in [9.17, 15) is 24.3 Å². The zero-order chi connectivity index (χ0) is 25.2. The van der Waals surface area contributed by atoms with Gasteiger partial charge in [0.2, 0.25) is 11.8 Å². The van der Waals surface area contributed by atoms with Gasteiger partial charge in [-0.15, -0.1) is 0 Å². The number of alkyl carbamates (subject to hydrolysis) is 1. The number of hydrogen-bond donors (Lipinski definition) is 3. The van der Waals surface area contributed by atoms with Gasteiger partial charge in [0.05, 0.1) is 13.0 Å². The summed E-state index contributed by atoms with van der Waals surface area (Å²) in [5, 5.41) is 15.6. The molecule has 0 fully saturated rings. The zero-order valence-electron chi connectivity index (χ0n) is 20.2. The van der Waals surface area contributed by atoms with Crippen LogP contribution in [-0.4, -0.2) is 65.7 Å². The number of rotatable bonds is 10. The summed E-state index contributed by atoms with van der Waals surface area (Å²) in [6.07, 6.45) is -0.799. The smallest absolute Gasteiger partial charge is 0.408 e. The van der Waals surface area contributed by atoms with Crippen molar-refractivity contribution >= 4 is 23.9 Å². The fraction of sp³-hybridized carbons (Fsp3) is 0.565. The summed E-state index contributed by atoms with van der Waals surface area (Å²) in [6, 6.07) is 3.72. The van der Waals surface area contributed by atoms with E-state index in [0.29, 0.717) is 5.56 Å². The van der Waals surface area contributed by atoms with Crippen LogP contribution in [0, 0.1) is 6.92 Å². The third kappa shape index (κ3) is 8.99. The van der Waals surface area contributed by atoms with E-state index in [0.717, 1.165) is 0 Å². The molecule has 0 saturated carbocycles. The molecule has 0 aliphatic carbocycles. The number of likely N-dealkylation sites (N-methyl/N-ethyl adjacent to an activating group) is 1. The van der Waals surface area contributed by atoms with Gasteiger partial charge in [-0.1, -0.05) is 18.2 Å². The average Bonchev–Trinajstić information content (AvgIpc) is 2.71. The van der Waals surface area contributed by atoms with Crippen molar-refractivity contribution in [2.45, 2.75) is 59.6 Å². The van der Waals surface area contributed by atoms with Crippen molar-refractivity contribution in [2.24, 2.45) is 0 Å². The number of aryl methyl sites for hydroxylation is 1. The second kappa shape index (κ2) is 12.7. The molecule has 10 nitrogen and oxygen atoms in total. The van der Waals surface area contributed by atoms with E-state index >= 15 is 0 Å². The monoisotopic (exact) mass is 465 g/mol. The summed E-state index contributed by atoms with van der Waals surface area (Å²) in [5.74, 6) is -1.70. The number of phenolic OH excluding ortho intramolecular Hbond substituents is 1. The highest BCUT2D eigenvalue weighted by molar-refractivity contribution is 5.91. The number of benzene rings is 1. The second-order valence-corrected chi connectivity index (χ2v) is 8.30. The highest BCUT2D eigenvalue weighted by Gasteiger charge is 2.33. The Balaban J connectivity index is 3.08. The van der Waals surface area contributed by atoms with Crippen LogP contribution in [-0.2, 0) is 23.9 Å². The molecule has 10 heteroatoms. The van der Waals surface area contributed by atoms with Gasteiger partial charge in [0.1, 0.15) is 23.9 Å². The van der Waals surface area contributed by atoms with E-state index in [-0.39, 0.29) is 37.4 Å². The summed E-state index contributed by atoms with van der Waals surface area (Å²) in [4.78, 5) is 50.8. The molecule has 33 heavy (non-hydrogen) atoms. The van der Waals surface area contributed by atoms with Gasteiger partial charge in [0, 0.05) is 18.7 Å². The quantitative estimate of drug-likeness (QED) is 0.451. The largest absolute Gasteiger partial charge is 0.507 e. The van der Waals surface area contributed by atoms with Crippen LogP contribution in [0.25, 0.3) is 0 Å². The molecular weight excluding hydrogens is 430 g/mol. The lowest BCUT2D eigenvalue weighted by Crippen LogP contribution is -2.48. The Hall–Kier alpha value is -3.30. The Labute approximate surface area is 194 Å². The number of hydrogen-bond acceptors (Lipinski definition) is 7. The van der Waals surface area contributed by atoms with Gasteiger partial charge in [-0.05, 0) is 47.1 Å². The predicted octanol–water partition coefficient (Wildman–Crippen LogP) is 2.18. The number of nitrogens with zero attached hydrogens (tertiary/aromatic N) is 1. The third-order valence-electron chi connectivity index (χ3n) is 4.50. The molecular formula is C23H35N3O7. The molecule has 0 heterocycles. The molecule has 0 aliphatic rings. The molecule has 0 saturated heterocycles. The standard InChI is InChI=1S/C23H35N3O7/c1-7-26(17(27)14-25-22(31)33-23(4,5)6)19(16-11-9-10-15(3)20(16)29)21(30)24-13-12-18(28)32-8-2/h9-11,19,29H,7-8,12-14H2,1-6H3,(H,24,30)(H,25,31). The summed E-state index contributed by atoms with van der Waals surface area (Å²) in [7, 11) is 0. The van der Waals surface area contributed by atoms with Crippen molar-refractivity contribution < 1.29 is 33.8 Å². The van der Waals surface area contributed by atoms with E-state index in [4.69, 9.17) is 9.47 Å². The van der Waals surface area contributed by atoms with Gasteiger partial charge in [-0.25, -0.2) is 4.79 Å². The molecule has 0 aliphatic heterocycles. The maximum Gasteiger partial charge on any atom is 0.408 e. The van der Waals surface area contributed by atoms with Crippen LogP contribution in [0.5, 0.6) is 5.75 Å². The van der Waals surface area contributed by atoms with Crippen LogP contribution >= 0.6 is 0 Å². The number of ether oxygens (including phenoxy) is 2. The number of aromatic hydroxyl groups is 1. The Morgan fingerprint density at radius 3 is 2.36 bits per heavy atom. The van der Waals surface area contributed by atoms with Crippen LogP contribution < -0.4 is 10.6 Å². The van der Waals surface area contributed by atoms with E-state index < -0.39 is 42.1 Å². The molecule has 1 aromatic carbocycles. The number of esters is 1. The van der Waals surface area contributed by atoms with Gasteiger partial charge in [0.15, 0.2) is 0 Å². The SMILES string of the molecule is CCOC(=O)CCNC(=O)C(c1cccc(C)c1O)N(CC)C(=O)CNC(=O)OC(C)(C)C. The van der Waals surface area contributed by atoms with E-state index in [1.54, 1.807) is 59.7 Å². The van der Waals surface area contributed by atoms with Gasteiger partial charge in [0.25, 0.3) is 0 Å². The molecule has 0 spiro atoms. The van der Waals surface area contributed by atoms with Crippen molar-refractivity contribution in [2.75, 3.05) is 26.2 Å². The number of nitrogens with one attached hydrogen (secondary N) is 2. The maximum absolute atomic E-state index is 13.1. The number of phenols is 1. The molecule has 1 aromatic rings. The number of para-hydroxylation sites is 1. The van der Waals surface area contributed by atoms with Crippen molar-refractivity contribution in [3.05, 3.63) is 29.3 Å². The van der Waals surface area contributed by atoms with Crippen molar-refractivity contribution in [1.82, 2.24) is 15.5 Å². The predicted molar refractivity (Wildman–Crippen MR) is 121 cm³/mol. The van der Waals surface area contributed by atoms with Gasteiger partial charge >= 0.3 is 12.1 Å². The summed E-state index contributed by atoms with van der Waals surface area (Å²) < 4.78 is 9.99. The zero-order valence-corrected chi connectivity index (χ0v) is 20.2.